The number of piperidine rings is 1. The molecule has 1 saturated heterocycles. The summed E-state index contributed by atoms with van der Waals surface area (Å²) in [6, 6.07) is 12.6. The van der Waals surface area contributed by atoms with E-state index in [1.807, 2.05) is 36.1 Å². The van der Waals surface area contributed by atoms with Gasteiger partial charge in [0.2, 0.25) is 0 Å². The van der Waals surface area contributed by atoms with Gasteiger partial charge in [-0.1, -0.05) is 25.1 Å². The molecule has 0 saturated carbocycles. The summed E-state index contributed by atoms with van der Waals surface area (Å²) in [5, 5.41) is 1.76. The van der Waals surface area contributed by atoms with E-state index < -0.39 is 0 Å². The fraction of sp³-hybridized carbons (Fsp3) is 0.450. The quantitative estimate of drug-likeness (QED) is 0.830. The molecule has 1 amide bonds. The van der Waals surface area contributed by atoms with Crippen LogP contribution in [-0.2, 0) is 11.2 Å². The van der Waals surface area contributed by atoms with Gasteiger partial charge in [-0.05, 0) is 49.9 Å². The second-order valence-electron chi connectivity index (χ2n) is 6.31. The largest absolute Gasteiger partial charge is 0.448 e. The monoisotopic (exact) mass is 341 g/mol. The Morgan fingerprint density at radius 3 is 2.44 bits per heavy atom. The number of amides is 1. The highest BCUT2D eigenvalue weighted by atomic mass is 16.6. The number of aromatic nitrogens is 1. The number of anilines is 1. The predicted molar refractivity (Wildman–Crippen MR) is 101 cm³/mol. The van der Waals surface area contributed by atoms with Crippen LogP contribution < -0.4 is 9.91 Å². The molecule has 1 aliphatic heterocycles. The van der Waals surface area contributed by atoms with E-state index in [1.165, 1.54) is 11.3 Å². The molecule has 3 rings (SSSR count). The van der Waals surface area contributed by atoms with Crippen LogP contribution in [0.15, 0.2) is 48.8 Å². The lowest BCUT2D eigenvalue weighted by Crippen LogP contribution is -2.52. The minimum atomic E-state index is -0.272. The average molecular weight is 341 g/mol. The Morgan fingerprint density at radius 2 is 1.80 bits per heavy atom. The first-order chi connectivity index (χ1) is 12.2. The number of para-hydroxylation sites is 1. The standard InChI is InChI=1S/C20H27N3O2/c1-3-17-9-5-6-10-19(17)21-15-11-18(12-16-21)23(20(24)25-4-2)22-13-7-8-14-22/h5-10,13-14,18H,3-4,11-12,15-16H2,1-2H3. The van der Waals surface area contributed by atoms with Gasteiger partial charge in [0, 0.05) is 31.2 Å². The first-order valence-corrected chi connectivity index (χ1v) is 9.16. The van der Waals surface area contributed by atoms with Gasteiger partial charge < -0.3 is 9.64 Å². The van der Waals surface area contributed by atoms with Crippen molar-refractivity contribution >= 4 is 11.8 Å². The van der Waals surface area contributed by atoms with Gasteiger partial charge in [0.25, 0.3) is 0 Å². The molecular weight excluding hydrogens is 314 g/mol. The first kappa shape index (κ1) is 17.4. The number of benzene rings is 1. The van der Waals surface area contributed by atoms with E-state index in [0.717, 1.165) is 32.4 Å². The predicted octanol–water partition coefficient (Wildman–Crippen LogP) is 3.81. The Bertz CT molecular complexity index is 676. The van der Waals surface area contributed by atoms with Gasteiger partial charge in [0.1, 0.15) is 0 Å². The maximum absolute atomic E-state index is 12.5. The van der Waals surface area contributed by atoms with Crippen LogP contribution >= 0.6 is 0 Å². The van der Waals surface area contributed by atoms with Crippen LogP contribution in [-0.4, -0.2) is 36.5 Å². The van der Waals surface area contributed by atoms with Crippen molar-refractivity contribution in [1.82, 2.24) is 4.68 Å². The highest BCUT2D eigenvalue weighted by Gasteiger charge is 2.30. The van der Waals surface area contributed by atoms with Crippen LogP contribution in [0.5, 0.6) is 0 Å². The molecule has 0 spiro atoms. The van der Waals surface area contributed by atoms with Gasteiger partial charge in [-0.25, -0.2) is 9.80 Å². The van der Waals surface area contributed by atoms with Crippen molar-refractivity contribution in [1.29, 1.82) is 0 Å². The number of rotatable bonds is 5. The van der Waals surface area contributed by atoms with Gasteiger partial charge in [0.15, 0.2) is 0 Å². The summed E-state index contributed by atoms with van der Waals surface area (Å²) >= 11 is 0. The molecule has 5 heteroatoms. The zero-order valence-corrected chi connectivity index (χ0v) is 15.1. The summed E-state index contributed by atoms with van der Waals surface area (Å²) < 4.78 is 7.13. The van der Waals surface area contributed by atoms with Crippen molar-refractivity contribution in [2.24, 2.45) is 0 Å². The second-order valence-corrected chi connectivity index (χ2v) is 6.31. The first-order valence-electron chi connectivity index (χ1n) is 9.16. The SMILES string of the molecule is CCOC(=O)N(C1CCN(c2ccccc2CC)CC1)n1cccc1. The molecule has 134 valence electrons. The molecule has 1 aromatic carbocycles. The summed E-state index contributed by atoms with van der Waals surface area (Å²) in [7, 11) is 0. The number of aryl methyl sites for hydroxylation is 1. The molecule has 25 heavy (non-hydrogen) atoms. The fourth-order valence-corrected chi connectivity index (χ4v) is 3.56. The van der Waals surface area contributed by atoms with Gasteiger partial charge in [-0.3, -0.25) is 4.68 Å². The third-order valence-corrected chi connectivity index (χ3v) is 4.82. The van der Waals surface area contributed by atoms with E-state index in [0.29, 0.717) is 6.61 Å². The summed E-state index contributed by atoms with van der Waals surface area (Å²) in [4.78, 5) is 14.9. The fourth-order valence-electron chi connectivity index (χ4n) is 3.56. The van der Waals surface area contributed by atoms with Gasteiger partial charge in [-0.15, -0.1) is 0 Å². The number of ether oxygens (including phenoxy) is 1. The van der Waals surface area contributed by atoms with Crippen molar-refractivity contribution in [3.05, 3.63) is 54.4 Å². The van der Waals surface area contributed by atoms with Crippen molar-refractivity contribution in [2.45, 2.75) is 39.2 Å². The number of nitrogens with zero attached hydrogens (tertiary/aromatic N) is 3. The van der Waals surface area contributed by atoms with Crippen LogP contribution in [0.4, 0.5) is 10.5 Å². The average Bonchev–Trinajstić information content (AvgIpc) is 3.17. The molecule has 0 N–H and O–H groups in total. The maximum atomic E-state index is 12.5. The molecular formula is C20H27N3O2. The Hall–Kier alpha value is -2.43. The van der Waals surface area contributed by atoms with Gasteiger partial charge in [0.05, 0.1) is 12.6 Å². The molecule has 2 heterocycles. The van der Waals surface area contributed by atoms with E-state index in [2.05, 4.69) is 36.1 Å². The van der Waals surface area contributed by atoms with Crippen molar-refractivity contribution < 1.29 is 9.53 Å². The molecule has 0 atom stereocenters. The van der Waals surface area contributed by atoms with E-state index in [-0.39, 0.29) is 12.1 Å². The number of carbonyl (C=O) groups excluding carboxylic acids is 1. The lowest BCUT2D eigenvalue weighted by atomic mass is 10.0. The van der Waals surface area contributed by atoms with Crippen LogP contribution in [0.25, 0.3) is 0 Å². The van der Waals surface area contributed by atoms with Crippen LogP contribution in [0.3, 0.4) is 0 Å². The summed E-state index contributed by atoms with van der Waals surface area (Å²) in [5.74, 6) is 0. The van der Waals surface area contributed by atoms with Crippen molar-refractivity contribution in [3.8, 4) is 0 Å². The van der Waals surface area contributed by atoms with Crippen molar-refractivity contribution in [2.75, 3.05) is 29.6 Å². The van der Waals surface area contributed by atoms with Crippen molar-refractivity contribution in [3.63, 3.8) is 0 Å². The Kier molecular flexibility index (Phi) is 5.64. The third kappa shape index (κ3) is 3.81. The molecule has 0 aliphatic carbocycles. The summed E-state index contributed by atoms with van der Waals surface area (Å²) in [6.07, 6.45) is 6.41. The summed E-state index contributed by atoms with van der Waals surface area (Å²) in [5.41, 5.74) is 2.71. The Labute approximate surface area is 149 Å². The van der Waals surface area contributed by atoms with Crippen LogP contribution in [0.1, 0.15) is 32.3 Å². The molecule has 1 aromatic heterocycles. The molecule has 1 fully saturated rings. The van der Waals surface area contributed by atoms with E-state index in [1.54, 1.807) is 5.01 Å². The highest BCUT2D eigenvalue weighted by molar-refractivity contribution is 5.79. The lowest BCUT2D eigenvalue weighted by Gasteiger charge is -2.39. The molecule has 2 aromatic rings. The zero-order valence-electron chi connectivity index (χ0n) is 15.1. The minimum Gasteiger partial charge on any atom is -0.448 e. The normalized spacial score (nSPS) is 15.2. The zero-order chi connectivity index (χ0) is 17.6. The topological polar surface area (TPSA) is 37.7 Å². The number of hydrogen-bond donors (Lipinski definition) is 0. The lowest BCUT2D eigenvalue weighted by molar-refractivity contribution is 0.147. The van der Waals surface area contributed by atoms with E-state index in [9.17, 15) is 4.79 Å². The van der Waals surface area contributed by atoms with Gasteiger partial charge in [-0.2, -0.15) is 0 Å². The molecule has 5 nitrogen and oxygen atoms in total. The molecule has 1 aliphatic rings. The van der Waals surface area contributed by atoms with E-state index in [4.69, 9.17) is 4.74 Å². The highest BCUT2D eigenvalue weighted by Crippen LogP contribution is 2.26. The van der Waals surface area contributed by atoms with E-state index >= 15 is 0 Å². The Balaban J connectivity index is 1.72. The van der Waals surface area contributed by atoms with Gasteiger partial charge >= 0.3 is 6.09 Å². The third-order valence-electron chi connectivity index (χ3n) is 4.82. The van der Waals surface area contributed by atoms with Crippen LogP contribution in [0, 0.1) is 0 Å². The minimum absolute atomic E-state index is 0.150. The molecule has 0 unspecified atom stereocenters. The second kappa shape index (κ2) is 8.10. The smallest absolute Gasteiger partial charge is 0.429 e. The number of hydrogen-bond acceptors (Lipinski definition) is 3. The number of carbonyl (C=O) groups is 1. The molecule has 0 radical (unpaired) electrons. The maximum Gasteiger partial charge on any atom is 0.429 e. The summed E-state index contributed by atoms with van der Waals surface area (Å²) in [6.45, 7) is 6.31. The van der Waals surface area contributed by atoms with Crippen LogP contribution in [0.2, 0.25) is 0 Å². The molecule has 0 bridgehead atoms. The Morgan fingerprint density at radius 1 is 1.12 bits per heavy atom.